The summed E-state index contributed by atoms with van der Waals surface area (Å²) in [6.45, 7) is 0.720. The monoisotopic (exact) mass is 366 g/mol. The fraction of sp³-hybridized carbons (Fsp3) is 0.375. The molecule has 0 radical (unpaired) electrons. The third kappa shape index (κ3) is 3.88. The zero-order valence-electron chi connectivity index (χ0n) is 13.7. The van der Waals surface area contributed by atoms with Crippen molar-refractivity contribution < 1.29 is 17.5 Å². The van der Waals surface area contributed by atoms with E-state index in [9.17, 15) is 12.8 Å². The Morgan fingerprint density at radius 2 is 2.04 bits per heavy atom. The quantitative estimate of drug-likeness (QED) is 0.870. The van der Waals surface area contributed by atoms with Crippen molar-refractivity contribution in [2.45, 2.75) is 23.8 Å². The normalized spacial score (nSPS) is 16.6. The second-order valence-electron chi connectivity index (χ2n) is 5.71. The van der Waals surface area contributed by atoms with Crippen LogP contribution in [0.15, 0.2) is 41.7 Å². The van der Waals surface area contributed by atoms with E-state index in [0.717, 1.165) is 6.07 Å². The SMILES string of the molecule is COc1ccc(S(=O)(=O)N2CCC(Nc3ccncn3)CC2)cc1F. The summed E-state index contributed by atoms with van der Waals surface area (Å²) in [7, 11) is -2.39. The highest BCUT2D eigenvalue weighted by Crippen LogP contribution is 2.25. The Balaban J connectivity index is 1.66. The van der Waals surface area contributed by atoms with E-state index in [1.54, 1.807) is 12.3 Å². The van der Waals surface area contributed by atoms with Crippen LogP contribution in [-0.4, -0.2) is 48.9 Å². The first-order chi connectivity index (χ1) is 12.0. The molecule has 7 nitrogen and oxygen atoms in total. The maximum absolute atomic E-state index is 13.8. The summed E-state index contributed by atoms with van der Waals surface area (Å²) >= 11 is 0. The number of anilines is 1. The molecule has 1 N–H and O–H groups in total. The molecule has 134 valence electrons. The van der Waals surface area contributed by atoms with Gasteiger partial charge in [-0.25, -0.2) is 22.8 Å². The number of benzene rings is 1. The Morgan fingerprint density at radius 1 is 1.28 bits per heavy atom. The molecule has 2 heterocycles. The van der Waals surface area contributed by atoms with E-state index in [1.807, 2.05) is 0 Å². The van der Waals surface area contributed by atoms with Crippen LogP contribution in [0.25, 0.3) is 0 Å². The highest BCUT2D eigenvalue weighted by Gasteiger charge is 2.30. The molecule has 1 fully saturated rings. The molecule has 3 rings (SSSR count). The summed E-state index contributed by atoms with van der Waals surface area (Å²) in [6.07, 6.45) is 4.39. The van der Waals surface area contributed by atoms with E-state index in [-0.39, 0.29) is 16.7 Å². The highest BCUT2D eigenvalue weighted by atomic mass is 32.2. The maximum Gasteiger partial charge on any atom is 0.243 e. The van der Waals surface area contributed by atoms with Crippen LogP contribution in [0.3, 0.4) is 0 Å². The van der Waals surface area contributed by atoms with Crippen molar-refractivity contribution in [2.75, 3.05) is 25.5 Å². The van der Waals surface area contributed by atoms with Crippen LogP contribution in [0.1, 0.15) is 12.8 Å². The van der Waals surface area contributed by atoms with Crippen LogP contribution in [0.5, 0.6) is 5.75 Å². The summed E-state index contributed by atoms with van der Waals surface area (Å²) in [5, 5.41) is 3.27. The van der Waals surface area contributed by atoms with Gasteiger partial charge in [-0.2, -0.15) is 4.31 Å². The van der Waals surface area contributed by atoms with Crippen molar-refractivity contribution >= 4 is 15.8 Å². The second-order valence-corrected chi connectivity index (χ2v) is 7.65. The Morgan fingerprint density at radius 3 is 2.64 bits per heavy atom. The van der Waals surface area contributed by atoms with E-state index in [0.29, 0.717) is 31.7 Å². The van der Waals surface area contributed by atoms with E-state index in [1.165, 1.54) is 29.9 Å². The van der Waals surface area contributed by atoms with E-state index >= 15 is 0 Å². The molecule has 0 amide bonds. The average Bonchev–Trinajstić information content (AvgIpc) is 2.63. The van der Waals surface area contributed by atoms with Gasteiger partial charge in [0, 0.05) is 25.3 Å². The number of hydrogen-bond acceptors (Lipinski definition) is 6. The van der Waals surface area contributed by atoms with Crippen LogP contribution < -0.4 is 10.1 Å². The van der Waals surface area contributed by atoms with Crippen LogP contribution in [0.2, 0.25) is 0 Å². The van der Waals surface area contributed by atoms with Gasteiger partial charge in [-0.1, -0.05) is 0 Å². The number of sulfonamides is 1. The van der Waals surface area contributed by atoms with Gasteiger partial charge in [-0.05, 0) is 37.1 Å². The summed E-state index contributed by atoms with van der Waals surface area (Å²) in [4.78, 5) is 7.90. The minimum absolute atomic E-state index is 0.0201. The van der Waals surface area contributed by atoms with Gasteiger partial charge in [0.1, 0.15) is 12.1 Å². The number of methoxy groups -OCH3 is 1. The Kier molecular flexibility index (Phi) is 5.14. The number of piperidine rings is 1. The number of rotatable bonds is 5. The minimum atomic E-state index is -3.72. The van der Waals surface area contributed by atoms with E-state index in [2.05, 4.69) is 15.3 Å². The number of nitrogens with one attached hydrogen (secondary N) is 1. The molecule has 0 spiro atoms. The number of ether oxygens (including phenoxy) is 1. The lowest BCUT2D eigenvalue weighted by atomic mass is 10.1. The first-order valence-corrected chi connectivity index (χ1v) is 9.31. The second kappa shape index (κ2) is 7.32. The highest BCUT2D eigenvalue weighted by molar-refractivity contribution is 7.89. The first-order valence-electron chi connectivity index (χ1n) is 7.87. The van der Waals surface area contributed by atoms with Crippen molar-refractivity contribution in [1.29, 1.82) is 0 Å². The van der Waals surface area contributed by atoms with Crippen molar-refractivity contribution in [3.8, 4) is 5.75 Å². The third-order valence-corrected chi connectivity index (χ3v) is 6.04. The molecule has 0 aliphatic carbocycles. The molecule has 9 heteroatoms. The lowest BCUT2D eigenvalue weighted by molar-refractivity contribution is 0.329. The van der Waals surface area contributed by atoms with Gasteiger partial charge in [0.25, 0.3) is 0 Å². The fourth-order valence-corrected chi connectivity index (χ4v) is 4.26. The van der Waals surface area contributed by atoms with Crippen LogP contribution in [0.4, 0.5) is 10.2 Å². The van der Waals surface area contributed by atoms with Gasteiger partial charge < -0.3 is 10.1 Å². The van der Waals surface area contributed by atoms with Gasteiger partial charge in [0.05, 0.1) is 12.0 Å². The van der Waals surface area contributed by atoms with E-state index in [4.69, 9.17) is 4.74 Å². The van der Waals surface area contributed by atoms with Gasteiger partial charge in [0.2, 0.25) is 10.0 Å². The lowest BCUT2D eigenvalue weighted by Crippen LogP contribution is -2.42. The largest absolute Gasteiger partial charge is 0.494 e. The molecular formula is C16H19FN4O3S. The zero-order chi connectivity index (χ0) is 17.9. The molecule has 1 aromatic heterocycles. The lowest BCUT2D eigenvalue weighted by Gasteiger charge is -2.31. The molecule has 0 atom stereocenters. The smallest absolute Gasteiger partial charge is 0.243 e. The van der Waals surface area contributed by atoms with Crippen molar-refractivity contribution in [3.05, 3.63) is 42.6 Å². The topological polar surface area (TPSA) is 84.4 Å². The molecule has 1 aromatic carbocycles. The predicted molar refractivity (Wildman–Crippen MR) is 90.4 cm³/mol. The molecule has 1 aliphatic rings. The summed E-state index contributed by atoms with van der Waals surface area (Å²) in [5.74, 6) is 0.0455. The maximum atomic E-state index is 13.8. The molecule has 1 saturated heterocycles. The predicted octanol–water partition coefficient (Wildman–Crippen LogP) is 1.89. The van der Waals surface area contributed by atoms with Gasteiger partial charge in [-0.15, -0.1) is 0 Å². The van der Waals surface area contributed by atoms with Gasteiger partial charge >= 0.3 is 0 Å². The molecule has 0 bridgehead atoms. The van der Waals surface area contributed by atoms with Crippen LogP contribution in [0, 0.1) is 5.82 Å². The van der Waals surface area contributed by atoms with Crippen molar-refractivity contribution in [2.24, 2.45) is 0 Å². The van der Waals surface area contributed by atoms with Crippen molar-refractivity contribution in [3.63, 3.8) is 0 Å². The summed E-state index contributed by atoms with van der Waals surface area (Å²) in [6, 6.07) is 5.59. The Bertz CT molecular complexity index is 825. The molecule has 1 aliphatic heterocycles. The zero-order valence-corrected chi connectivity index (χ0v) is 14.5. The van der Waals surface area contributed by atoms with Crippen molar-refractivity contribution in [1.82, 2.24) is 14.3 Å². The first kappa shape index (κ1) is 17.6. The van der Waals surface area contributed by atoms with E-state index < -0.39 is 15.8 Å². The summed E-state index contributed by atoms with van der Waals surface area (Å²) < 4.78 is 45.4. The number of aromatic nitrogens is 2. The Labute approximate surface area is 145 Å². The molecule has 0 saturated carbocycles. The number of hydrogen-bond donors (Lipinski definition) is 1. The molecular weight excluding hydrogens is 347 g/mol. The average molecular weight is 366 g/mol. The molecule has 25 heavy (non-hydrogen) atoms. The third-order valence-electron chi connectivity index (χ3n) is 4.15. The van der Waals surface area contributed by atoms with Gasteiger partial charge in [0.15, 0.2) is 11.6 Å². The summed E-state index contributed by atoms with van der Waals surface area (Å²) in [5.41, 5.74) is 0. The Hall–Kier alpha value is -2.26. The van der Waals surface area contributed by atoms with Crippen LogP contribution >= 0.6 is 0 Å². The fourth-order valence-electron chi connectivity index (χ4n) is 2.78. The van der Waals surface area contributed by atoms with Crippen LogP contribution in [-0.2, 0) is 10.0 Å². The molecule has 2 aromatic rings. The van der Waals surface area contributed by atoms with Gasteiger partial charge in [-0.3, -0.25) is 0 Å². The minimum Gasteiger partial charge on any atom is -0.494 e. The molecule has 0 unspecified atom stereocenters. The number of halogens is 1. The standard InChI is InChI=1S/C16H19FN4O3S/c1-24-15-3-2-13(10-14(15)17)25(22,23)21-8-5-12(6-9-21)20-16-4-7-18-11-19-16/h2-4,7,10-12H,5-6,8-9H2,1H3,(H,18,19,20). The number of nitrogens with zero attached hydrogens (tertiary/aromatic N) is 3.